The molecule has 20 heavy (non-hydrogen) atoms. The van der Waals surface area contributed by atoms with Crippen molar-refractivity contribution in [2.24, 2.45) is 5.73 Å². The lowest BCUT2D eigenvalue weighted by molar-refractivity contribution is -0.143. The molecule has 3 nitrogen and oxygen atoms in total. The third kappa shape index (κ3) is 4.87. The Labute approximate surface area is 119 Å². The molecule has 0 radical (unpaired) electrons. The number of amides is 1. The third-order valence-corrected chi connectivity index (χ3v) is 3.35. The number of hydrogen-bond donors (Lipinski definition) is 1. The van der Waals surface area contributed by atoms with Crippen LogP contribution in [0.3, 0.4) is 0 Å². The molecule has 0 bridgehead atoms. The van der Waals surface area contributed by atoms with Crippen LogP contribution in [0.4, 0.5) is 13.2 Å². The van der Waals surface area contributed by atoms with Gasteiger partial charge < -0.3 is 10.6 Å². The Morgan fingerprint density at radius 2 is 2.10 bits per heavy atom. The molecule has 1 aromatic heterocycles. The van der Waals surface area contributed by atoms with Crippen molar-refractivity contribution in [2.45, 2.75) is 26.1 Å². The zero-order chi connectivity index (χ0) is 15.3. The summed E-state index contributed by atoms with van der Waals surface area (Å²) in [5.41, 5.74) is 5.23. The average Bonchev–Trinajstić information content (AvgIpc) is 2.80. The Hall–Kier alpha value is -1.52. The Morgan fingerprint density at radius 3 is 2.60 bits per heavy atom. The first-order valence-electron chi connectivity index (χ1n) is 5.91. The van der Waals surface area contributed by atoms with Gasteiger partial charge in [0, 0.05) is 6.04 Å². The highest BCUT2D eigenvalue weighted by Gasteiger charge is 2.34. The van der Waals surface area contributed by atoms with Crippen molar-refractivity contribution < 1.29 is 18.0 Å². The van der Waals surface area contributed by atoms with Gasteiger partial charge in [-0.25, -0.2) is 0 Å². The zero-order valence-corrected chi connectivity index (χ0v) is 11.9. The second kappa shape index (κ2) is 6.77. The van der Waals surface area contributed by atoms with E-state index in [1.54, 1.807) is 19.9 Å². The summed E-state index contributed by atoms with van der Waals surface area (Å²) in [5.74, 6) is 4.74. The molecular formula is C13H15F3N2OS. The summed E-state index contributed by atoms with van der Waals surface area (Å²) in [6, 6.07) is 2.55. The minimum Gasteiger partial charge on any atom is -0.326 e. The quantitative estimate of drug-likeness (QED) is 0.872. The molecule has 0 spiro atoms. The number of carbonyl (C=O) groups is 1. The van der Waals surface area contributed by atoms with Crippen molar-refractivity contribution in [1.82, 2.24) is 4.90 Å². The summed E-state index contributed by atoms with van der Waals surface area (Å²) in [6.07, 6.45) is -4.42. The highest BCUT2D eigenvalue weighted by molar-refractivity contribution is 7.14. The van der Waals surface area contributed by atoms with E-state index in [2.05, 4.69) is 11.8 Å². The number of hydrogen-bond acceptors (Lipinski definition) is 3. The van der Waals surface area contributed by atoms with Crippen LogP contribution in [0.15, 0.2) is 12.1 Å². The van der Waals surface area contributed by atoms with Gasteiger partial charge in [0.15, 0.2) is 0 Å². The molecule has 0 aromatic carbocycles. The molecule has 0 aliphatic rings. The molecule has 0 fully saturated rings. The predicted octanol–water partition coefficient (Wildman–Crippen LogP) is 2.47. The van der Waals surface area contributed by atoms with Crippen LogP contribution in [0.5, 0.6) is 0 Å². The molecule has 0 saturated heterocycles. The molecular weight excluding hydrogens is 289 g/mol. The Balaban J connectivity index is 2.92. The maximum atomic E-state index is 12.5. The van der Waals surface area contributed by atoms with Gasteiger partial charge in [-0.2, -0.15) is 13.2 Å². The van der Waals surface area contributed by atoms with E-state index in [9.17, 15) is 18.0 Å². The van der Waals surface area contributed by atoms with Gasteiger partial charge in [-0.3, -0.25) is 4.79 Å². The number of thiophene rings is 1. The molecule has 110 valence electrons. The first kappa shape index (κ1) is 16.5. The van der Waals surface area contributed by atoms with Crippen LogP contribution >= 0.6 is 11.3 Å². The smallest absolute Gasteiger partial charge is 0.326 e. The van der Waals surface area contributed by atoms with Gasteiger partial charge in [-0.05, 0) is 26.0 Å². The summed E-state index contributed by atoms with van der Waals surface area (Å²) in [4.78, 5) is 13.8. The minimum absolute atomic E-state index is 0.188. The summed E-state index contributed by atoms with van der Waals surface area (Å²) in [7, 11) is 0. The fourth-order valence-corrected chi connectivity index (χ4v) is 2.32. The van der Waals surface area contributed by atoms with Gasteiger partial charge in [-0.15, -0.1) is 11.3 Å². The number of halogens is 3. The molecule has 7 heteroatoms. The Bertz CT molecular complexity index is 526. The molecule has 1 heterocycles. The van der Waals surface area contributed by atoms with Crippen molar-refractivity contribution in [1.29, 1.82) is 0 Å². The van der Waals surface area contributed by atoms with E-state index in [1.807, 2.05) is 0 Å². The van der Waals surface area contributed by atoms with Crippen LogP contribution in [0, 0.1) is 11.8 Å². The molecule has 0 saturated carbocycles. The summed E-state index contributed by atoms with van der Waals surface area (Å²) < 4.78 is 37.5. The monoisotopic (exact) mass is 304 g/mol. The molecule has 0 atom stereocenters. The maximum absolute atomic E-state index is 12.5. The molecule has 0 aliphatic carbocycles. The average molecular weight is 304 g/mol. The number of nitrogens with two attached hydrogens (primary N) is 1. The first-order valence-corrected chi connectivity index (χ1v) is 6.72. The van der Waals surface area contributed by atoms with Crippen molar-refractivity contribution in [3.63, 3.8) is 0 Å². The van der Waals surface area contributed by atoms with E-state index in [-0.39, 0.29) is 11.4 Å². The minimum atomic E-state index is -4.42. The van der Waals surface area contributed by atoms with Crippen LogP contribution in [0.25, 0.3) is 0 Å². The van der Waals surface area contributed by atoms with E-state index in [0.29, 0.717) is 4.88 Å². The molecule has 0 aliphatic heterocycles. The lowest BCUT2D eigenvalue weighted by atomic mass is 10.3. The fraction of sp³-hybridized carbons (Fsp3) is 0.462. The first-order chi connectivity index (χ1) is 9.24. The van der Waals surface area contributed by atoms with Gasteiger partial charge >= 0.3 is 6.18 Å². The van der Waals surface area contributed by atoms with Crippen LogP contribution in [-0.2, 0) is 0 Å². The molecule has 2 N–H and O–H groups in total. The van der Waals surface area contributed by atoms with Crippen LogP contribution in [0.1, 0.15) is 28.4 Å². The van der Waals surface area contributed by atoms with Crippen LogP contribution < -0.4 is 5.73 Å². The lowest BCUT2D eigenvalue weighted by Crippen LogP contribution is -2.43. The van der Waals surface area contributed by atoms with Gasteiger partial charge in [0.1, 0.15) is 6.54 Å². The zero-order valence-electron chi connectivity index (χ0n) is 11.1. The normalized spacial score (nSPS) is 11.2. The van der Waals surface area contributed by atoms with Crippen molar-refractivity contribution >= 4 is 17.2 Å². The molecule has 1 amide bonds. The van der Waals surface area contributed by atoms with Crippen molar-refractivity contribution in [3.8, 4) is 11.8 Å². The second-order valence-corrected chi connectivity index (χ2v) is 5.40. The van der Waals surface area contributed by atoms with E-state index < -0.39 is 24.7 Å². The summed E-state index contributed by atoms with van der Waals surface area (Å²) in [6.45, 7) is 2.03. The third-order valence-electron chi connectivity index (χ3n) is 2.36. The highest BCUT2D eigenvalue weighted by atomic mass is 32.1. The summed E-state index contributed by atoms with van der Waals surface area (Å²) in [5, 5.41) is 0. The van der Waals surface area contributed by atoms with Gasteiger partial charge in [-0.1, -0.05) is 11.8 Å². The van der Waals surface area contributed by atoms with E-state index in [4.69, 9.17) is 5.73 Å². The van der Waals surface area contributed by atoms with E-state index >= 15 is 0 Å². The fourth-order valence-electron chi connectivity index (χ4n) is 1.48. The SMILES string of the molecule is CC(C)N(CC(F)(F)F)C(=O)c1ccc(C#CCN)s1. The van der Waals surface area contributed by atoms with Gasteiger partial charge in [0.2, 0.25) is 0 Å². The van der Waals surface area contributed by atoms with Gasteiger partial charge in [0.05, 0.1) is 16.3 Å². The maximum Gasteiger partial charge on any atom is 0.406 e. The highest BCUT2D eigenvalue weighted by Crippen LogP contribution is 2.23. The largest absolute Gasteiger partial charge is 0.406 e. The number of carbonyl (C=O) groups excluding carboxylic acids is 1. The Morgan fingerprint density at radius 1 is 1.45 bits per heavy atom. The molecule has 1 aromatic rings. The van der Waals surface area contributed by atoms with Crippen molar-refractivity contribution in [2.75, 3.05) is 13.1 Å². The van der Waals surface area contributed by atoms with Crippen LogP contribution in [-0.4, -0.2) is 36.1 Å². The summed E-state index contributed by atoms with van der Waals surface area (Å²) >= 11 is 1.06. The van der Waals surface area contributed by atoms with Gasteiger partial charge in [0.25, 0.3) is 5.91 Å². The molecule has 1 rings (SSSR count). The number of alkyl halides is 3. The van der Waals surface area contributed by atoms with E-state index in [1.165, 1.54) is 6.07 Å². The van der Waals surface area contributed by atoms with E-state index in [0.717, 1.165) is 16.2 Å². The standard InChI is InChI=1S/C13H15F3N2OS/c1-9(2)18(8-13(14,15)16)12(19)11-6-5-10(20-11)4-3-7-17/h5-6,9H,7-8,17H2,1-2H3. The second-order valence-electron chi connectivity index (χ2n) is 4.31. The predicted molar refractivity (Wildman–Crippen MR) is 72.5 cm³/mol. The van der Waals surface area contributed by atoms with Crippen molar-refractivity contribution in [3.05, 3.63) is 21.9 Å². The number of rotatable bonds is 3. The topological polar surface area (TPSA) is 46.3 Å². The van der Waals surface area contributed by atoms with Crippen LogP contribution in [0.2, 0.25) is 0 Å². The lowest BCUT2D eigenvalue weighted by Gasteiger charge is -2.27. The number of nitrogens with zero attached hydrogens (tertiary/aromatic N) is 1. The Kier molecular flexibility index (Phi) is 5.60. The molecule has 0 unspecified atom stereocenters.